The second-order valence-corrected chi connectivity index (χ2v) is 8.74. The van der Waals surface area contributed by atoms with Crippen molar-refractivity contribution in [3.63, 3.8) is 0 Å². The second-order valence-electron chi connectivity index (χ2n) is 6.16. The molecule has 1 saturated heterocycles. The Labute approximate surface area is 132 Å². The Bertz CT molecular complexity index is 538. The lowest BCUT2D eigenvalue weighted by atomic mass is 9.98. The van der Waals surface area contributed by atoms with Crippen molar-refractivity contribution in [1.29, 1.82) is 0 Å². The van der Waals surface area contributed by atoms with Gasteiger partial charge in [0.2, 0.25) is 5.91 Å². The van der Waals surface area contributed by atoms with Gasteiger partial charge in [-0.2, -0.15) is 11.3 Å². The fourth-order valence-electron chi connectivity index (χ4n) is 3.39. The van der Waals surface area contributed by atoms with Crippen LogP contribution in [0, 0.1) is 0 Å². The number of hydrogen-bond donors (Lipinski definition) is 1. The monoisotopic (exact) mass is 326 g/mol. The van der Waals surface area contributed by atoms with Gasteiger partial charge in [-0.3, -0.25) is 14.3 Å². The van der Waals surface area contributed by atoms with Crippen LogP contribution in [0.4, 0.5) is 0 Å². The van der Waals surface area contributed by atoms with Gasteiger partial charge in [-0.1, -0.05) is 12.8 Å². The average molecular weight is 326 g/mol. The van der Waals surface area contributed by atoms with E-state index in [0.29, 0.717) is 6.54 Å². The topological polar surface area (TPSA) is 49.4 Å². The number of carbonyl (C=O) groups is 1. The Balaban J connectivity index is 1.89. The maximum atomic E-state index is 13.0. The molecule has 1 aromatic rings. The van der Waals surface area contributed by atoms with Crippen LogP contribution in [0.25, 0.3) is 0 Å². The van der Waals surface area contributed by atoms with E-state index in [1.54, 1.807) is 17.6 Å². The Hall–Kier alpha value is -0.720. The highest BCUT2D eigenvalue weighted by atomic mass is 32.2. The summed E-state index contributed by atoms with van der Waals surface area (Å²) < 4.78 is 11.7. The predicted molar refractivity (Wildman–Crippen MR) is 86.6 cm³/mol. The average Bonchev–Trinajstić information content (AvgIpc) is 3.16. The van der Waals surface area contributed by atoms with Gasteiger partial charge in [0, 0.05) is 28.9 Å². The highest BCUT2D eigenvalue weighted by molar-refractivity contribution is 7.84. The SMILES string of the molecule is CC(CN1C(=O)C2(CCCC2)NC1c1ccsc1)S(C)=O. The summed E-state index contributed by atoms with van der Waals surface area (Å²) in [6.07, 6.45) is 5.71. The number of carbonyl (C=O) groups excluding carboxylic acids is 1. The maximum absolute atomic E-state index is 13.0. The van der Waals surface area contributed by atoms with E-state index in [1.165, 1.54) is 0 Å². The third kappa shape index (κ3) is 2.69. The summed E-state index contributed by atoms with van der Waals surface area (Å²) in [5, 5.41) is 7.73. The molecule has 116 valence electrons. The fourth-order valence-corrected chi connectivity index (χ4v) is 4.44. The molecule has 6 heteroatoms. The van der Waals surface area contributed by atoms with Gasteiger partial charge < -0.3 is 4.90 Å². The molecule has 3 unspecified atom stereocenters. The number of hydrogen-bond acceptors (Lipinski definition) is 4. The second kappa shape index (κ2) is 5.82. The van der Waals surface area contributed by atoms with Gasteiger partial charge in [0.15, 0.2) is 0 Å². The Morgan fingerprint density at radius 2 is 2.24 bits per heavy atom. The van der Waals surface area contributed by atoms with Crippen LogP contribution in [0.15, 0.2) is 16.8 Å². The van der Waals surface area contributed by atoms with E-state index in [-0.39, 0.29) is 22.9 Å². The van der Waals surface area contributed by atoms with Crippen molar-refractivity contribution in [2.24, 2.45) is 0 Å². The lowest BCUT2D eigenvalue weighted by molar-refractivity contribution is -0.133. The largest absolute Gasteiger partial charge is 0.320 e. The molecule has 21 heavy (non-hydrogen) atoms. The molecule has 1 aromatic heterocycles. The van der Waals surface area contributed by atoms with E-state index < -0.39 is 10.8 Å². The summed E-state index contributed by atoms with van der Waals surface area (Å²) in [5.74, 6) is 0.202. The molecule has 1 amide bonds. The van der Waals surface area contributed by atoms with Crippen LogP contribution >= 0.6 is 11.3 Å². The van der Waals surface area contributed by atoms with E-state index in [4.69, 9.17) is 0 Å². The Morgan fingerprint density at radius 1 is 1.52 bits per heavy atom. The molecular weight excluding hydrogens is 304 g/mol. The number of thiophene rings is 1. The molecule has 4 nitrogen and oxygen atoms in total. The van der Waals surface area contributed by atoms with Crippen LogP contribution in [-0.4, -0.2) is 38.6 Å². The lowest BCUT2D eigenvalue weighted by Gasteiger charge is -2.26. The van der Waals surface area contributed by atoms with E-state index in [2.05, 4.69) is 16.8 Å². The van der Waals surface area contributed by atoms with Crippen molar-refractivity contribution in [2.75, 3.05) is 12.8 Å². The van der Waals surface area contributed by atoms with Crippen molar-refractivity contribution < 1.29 is 9.00 Å². The van der Waals surface area contributed by atoms with Crippen molar-refractivity contribution >= 4 is 28.0 Å². The van der Waals surface area contributed by atoms with Gasteiger partial charge in [0.1, 0.15) is 6.17 Å². The maximum Gasteiger partial charge on any atom is 0.244 e. The van der Waals surface area contributed by atoms with Crippen LogP contribution in [0.5, 0.6) is 0 Å². The fraction of sp³-hybridized carbons (Fsp3) is 0.667. The summed E-state index contributed by atoms with van der Waals surface area (Å²) in [6.45, 7) is 2.50. The first-order chi connectivity index (χ1) is 10.0. The summed E-state index contributed by atoms with van der Waals surface area (Å²) in [4.78, 5) is 14.9. The van der Waals surface area contributed by atoms with E-state index >= 15 is 0 Å². The predicted octanol–water partition coefficient (Wildman–Crippen LogP) is 2.26. The number of rotatable bonds is 4. The van der Waals surface area contributed by atoms with E-state index in [0.717, 1.165) is 31.2 Å². The van der Waals surface area contributed by atoms with Gasteiger partial charge in [0.05, 0.1) is 5.54 Å². The van der Waals surface area contributed by atoms with Gasteiger partial charge in [-0.25, -0.2) is 0 Å². The van der Waals surface area contributed by atoms with Crippen LogP contribution in [0.1, 0.15) is 44.3 Å². The van der Waals surface area contributed by atoms with Crippen LogP contribution in [-0.2, 0) is 15.6 Å². The van der Waals surface area contributed by atoms with Crippen LogP contribution in [0.3, 0.4) is 0 Å². The molecule has 1 N–H and O–H groups in total. The Kier molecular flexibility index (Phi) is 4.21. The molecule has 1 aliphatic heterocycles. The van der Waals surface area contributed by atoms with Crippen molar-refractivity contribution in [3.8, 4) is 0 Å². The number of amides is 1. The first-order valence-corrected chi connectivity index (χ1v) is 10.0. The quantitative estimate of drug-likeness (QED) is 0.923. The molecule has 1 saturated carbocycles. The summed E-state index contributed by atoms with van der Waals surface area (Å²) in [7, 11) is -0.915. The van der Waals surface area contributed by atoms with Crippen molar-refractivity contribution in [3.05, 3.63) is 22.4 Å². The zero-order valence-electron chi connectivity index (χ0n) is 12.5. The highest BCUT2D eigenvalue weighted by Gasteiger charge is 2.52. The molecule has 3 atom stereocenters. The zero-order valence-corrected chi connectivity index (χ0v) is 14.1. The molecule has 1 aliphatic carbocycles. The molecule has 0 aromatic carbocycles. The van der Waals surface area contributed by atoms with Gasteiger partial charge in [0.25, 0.3) is 0 Å². The standard InChI is InChI=1S/C15H22N2O2S2/c1-11(21(2)19)9-17-13(12-5-8-20-10-12)16-15(14(17)18)6-3-4-7-15/h5,8,10-11,13,16H,3-4,6-7,9H2,1-2H3. The normalized spacial score (nSPS) is 27.4. The molecule has 1 spiro atoms. The minimum Gasteiger partial charge on any atom is -0.320 e. The third-order valence-electron chi connectivity index (χ3n) is 4.73. The molecule has 3 rings (SSSR count). The van der Waals surface area contributed by atoms with Crippen LogP contribution < -0.4 is 5.32 Å². The smallest absolute Gasteiger partial charge is 0.244 e. The summed E-state index contributed by atoms with van der Waals surface area (Å²) >= 11 is 1.65. The van der Waals surface area contributed by atoms with E-state index in [1.807, 2.05) is 17.2 Å². The minimum atomic E-state index is -0.915. The molecule has 2 aliphatic rings. The zero-order chi connectivity index (χ0) is 15.0. The number of nitrogens with zero attached hydrogens (tertiary/aromatic N) is 1. The molecule has 2 heterocycles. The van der Waals surface area contributed by atoms with Crippen molar-refractivity contribution in [1.82, 2.24) is 10.2 Å². The number of nitrogens with one attached hydrogen (secondary N) is 1. The van der Waals surface area contributed by atoms with E-state index in [9.17, 15) is 9.00 Å². The van der Waals surface area contributed by atoms with Gasteiger partial charge in [-0.05, 0) is 42.2 Å². The van der Waals surface area contributed by atoms with Gasteiger partial charge >= 0.3 is 0 Å². The highest BCUT2D eigenvalue weighted by Crippen LogP contribution is 2.41. The first-order valence-electron chi connectivity index (χ1n) is 7.46. The third-order valence-corrected chi connectivity index (χ3v) is 6.72. The van der Waals surface area contributed by atoms with Crippen LogP contribution in [0.2, 0.25) is 0 Å². The lowest BCUT2D eigenvalue weighted by Crippen LogP contribution is -2.44. The minimum absolute atomic E-state index is 0.00608. The first kappa shape index (κ1) is 15.2. The molecular formula is C15H22N2O2S2. The summed E-state index contributed by atoms with van der Waals surface area (Å²) in [5.41, 5.74) is 0.771. The van der Waals surface area contributed by atoms with Gasteiger partial charge in [-0.15, -0.1) is 0 Å². The molecule has 2 fully saturated rings. The van der Waals surface area contributed by atoms with Crippen molar-refractivity contribution in [2.45, 2.75) is 49.6 Å². The molecule has 0 bridgehead atoms. The summed E-state index contributed by atoms with van der Waals surface area (Å²) in [6, 6.07) is 2.07. The molecule has 0 radical (unpaired) electrons. The Morgan fingerprint density at radius 3 is 2.81 bits per heavy atom.